The van der Waals surface area contributed by atoms with Crippen LogP contribution in [0.1, 0.15) is 27.8 Å². The van der Waals surface area contributed by atoms with Gasteiger partial charge in [-0.05, 0) is 198 Å². The molecule has 8 nitrogen and oxygen atoms in total. The number of hydrogen-bond donors (Lipinski definition) is 0. The number of aryl methyl sites for hydroxylation is 1. The van der Waals surface area contributed by atoms with Gasteiger partial charge in [-0.1, -0.05) is 102 Å². The molecular weight excluding hydrogens is 981 g/mol. The lowest BCUT2D eigenvalue weighted by atomic mass is 9.68. The maximum absolute atomic E-state index is 13.8. The molecule has 1 aliphatic carbocycles. The second-order valence-corrected chi connectivity index (χ2v) is 22.7. The average Bonchev–Trinajstić information content (AvgIpc) is 3.73. The van der Waals surface area contributed by atoms with Crippen molar-refractivity contribution in [2.45, 2.75) is 41.7 Å². The molecule has 0 aromatic heterocycles. The molecule has 0 bridgehead atoms. The Bertz CT molecular complexity index is 3800. The van der Waals surface area contributed by atoms with Crippen LogP contribution < -0.4 is 18.9 Å². The van der Waals surface area contributed by atoms with Gasteiger partial charge in [0.2, 0.25) is 19.7 Å². The molecule has 11 rings (SSSR count). The molecule has 0 fully saturated rings. The minimum Gasteiger partial charge on any atom is -0.497 e. The van der Waals surface area contributed by atoms with Crippen molar-refractivity contribution in [2.75, 3.05) is 7.11 Å². The van der Waals surface area contributed by atoms with Crippen LogP contribution in [0, 0.1) is 6.92 Å². The largest absolute Gasteiger partial charge is 0.497 e. The SMILES string of the molecule is COc1ccc(Sc2ccc(Oc3ccc(S(=O)(=O)c4ccc(Oc5ccc(C6(c7ccc(Oc8ccc(S(=O)(=O)c9ccc(C)cc9)cc8)cc7)c7ccccc7-c7ccccc76)cc5)cc4)cc3)cc2)cc1. The van der Waals surface area contributed by atoms with E-state index in [2.05, 4.69) is 72.8 Å². The lowest BCUT2D eigenvalue weighted by molar-refractivity contribution is 0.414. The Morgan fingerprint density at radius 1 is 0.338 bits per heavy atom. The fourth-order valence-corrected chi connectivity index (χ4v) is 12.7. The quantitative estimate of drug-likeness (QED) is 0.0992. The van der Waals surface area contributed by atoms with Gasteiger partial charge in [-0.25, -0.2) is 16.8 Å². The first-order valence-corrected chi connectivity index (χ1v) is 27.5. The third-order valence-corrected chi connectivity index (χ3v) is 17.7. The lowest BCUT2D eigenvalue weighted by Crippen LogP contribution is -2.28. The molecule has 0 amide bonds. The third-order valence-electron chi connectivity index (χ3n) is 13.1. The van der Waals surface area contributed by atoms with E-state index < -0.39 is 25.1 Å². The number of fused-ring (bicyclic) bond motifs is 3. The molecule has 10 aromatic carbocycles. The van der Waals surface area contributed by atoms with Crippen molar-refractivity contribution in [3.8, 4) is 51.4 Å². The molecule has 0 heterocycles. The van der Waals surface area contributed by atoms with Gasteiger partial charge >= 0.3 is 0 Å². The Hall–Kier alpha value is -8.35. The standard InChI is InChI=1S/C63H46O8S3/c1-43-11-35-55(36-12-43)73(64,65)56-37-25-50(26-38-56)69-47-17-13-44(14-18-47)63(61-9-5-3-7-59(61)60-8-4-6-10-62(60)63)45-15-19-48(20-16-45)70-51-27-39-57(40-28-51)74(66,67)58-41-29-52(30-42-58)71-49-23-33-54(34-24-49)72-53-31-21-46(68-2)22-32-53/h3-42H,1-2H3. The molecule has 0 aliphatic heterocycles. The van der Waals surface area contributed by atoms with Crippen LogP contribution in [0.4, 0.5) is 0 Å². The summed E-state index contributed by atoms with van der Waals surface area (Å²) in [6.07, 6.45) is 0. The van der Waals surface area contributed by atoms with E-state index in [4.69, 9.17) is 18.9 Å². The van der Waals surface area contributed by atoms with Gasteiger partial charge in [-0.15, -0.1) is 0 Å². The molecule has 0 N–H and O–H groups in total. The topological polar surface area (TPSA) is 105 Å². The number of sulfone groups is 2. The fraction of sp³-hybridized carbons (Fsp3) is 0.0476. The summed E-state index contributed by atoms with van der Waals surface area (Å²) in [5, 5.41) is 0. The van der Waals surface area contributed by atoms with Crippen molar-refractivity contribution in [2.24, 2.45) is 0 Å². The maximum Gasteiger partial charge on any atom is 0.206 e. The van der Waals surface area contributed by atoms with Crippen LogP contribution >= 0.6 is 11.8 Å². The van der Waals surface area contributed by atoms with Crippen LogP contribution in [0.5, 0.6) is 40.2 Å². The van der Waals surface area contributed by atoms with Crippen molar-refractivity contribution >= 4 is 31.4 Å². The van der Waals surface area contributed by atoms with E-state index >= 15 is 0 Å². The van der Waals surface area contributed by atoms with E-state index in [9.17, 15) is 16.8 Å². The Kier molecular flexibility index (Phi) is 12.9. The minimum atomic E-state index is -3.84. The molecule has 10 aromatic rings. The van der Waals surface area contributed by atoms with Crippen LogP contribution in [0.2, 0.25) is 0 Å². The Labute approximate surface area is 435 Å². The summed E-state index contributed by atoms with van der Waals surface area (Å²) in [6, 6.07) is 74.7. The first-order chi connectivity index (χ1) is 36.0. The number of hydrogen-bond acceptors (Lipinski definition) is 9. The van der Waals surface area contributed by atoms with E-state index in [1.807, 2.05) is 79.7 Å². The highest BCUT2D eigenvalue weighted by molar-refractivity contribution is 7.99. The number of ether oxygens (including phenoxy) is 4. The normalized spacial score (nSPS) is 12.6. The third kappa shape index (κ3) is 9.33. The molecule has 0 atom stereocenters. The van der Waals surface area contributed by atoms with Crippen molar-refractivity contribution < 1.29 is 35.8 Å². The predicted molar refractivity (Wildman–Crippen MR) is 289 cm³/mol. The van der Waals surface area contributed by atoms with Crippen molar-refractivity contribution in [1.82, 2.24) is 0 Å². The lowest BCUT2D eigenvalue weighted by Gasteiger charge is -2.34. The molecule has 74 heavy (non-hydrogen) atoms. The average molecular weight is 1030 g/mol. The maximum atomic E-state index is 13.8. The van der Waals surface area contributed by atoms with Crippen molar-refractivity contribution in [3.63, 3.8) is 0 Å². The van der Waals surface area contributed by atoms with Gasteiger partial charge in [0.15, 0.2) is 0 Å². The fourth-order valence-electron chi connectivity index (χ4n) is 9.38. The highest BCUT2D eigenvalue weighted by Gasteiger charge is 2.46. The first-order valence-electron chi connectivity index (χ1n) is 23.7. The summed E-state index contributed by atoms with van der Waals surface area (Å²) in [6.45, 7) is 1.92. The zero-order valence-corrected chi connectivity index (χ0v) is 42.5. The van der Waals surface area contributed by atoms with Gasteiger partial charge in [0.05, 0.1) is 32.1 Å². The summed E-state index contributed by atoms with van der Waals surface area (Å²) in [7, 11) is -5.87. The molecule has 0 spiro atoms. The second-order valence-electron chi connectivity index (χ2n) is 17.7. The Balaban J connectivity index is 0.788. The summed E-state index contributed by atoms with van der Waals surface area (Å²) >= 11 is 1.63. The molecular formula is C63H46O8S3. The second kappa shape index (κ2) is 19.9. The van der Waals surface area contributed by atoms with Crippen LogP contribution in [0.15, 0.2) is 272 Å². The molecule has 0 saturated carbocycles. The minimum absolute atomic E-state index is 0.137. The van der Waals surface area contributed by atoms with Gasteiger partial charge in [0, 0.05) is 9.79 Å². The molecule has 11 heteroatoms. The number of rotatable bonds is 15. The van der Waals surface area contributed by atoms with E-state index in [0.717, 1.165) is 54.5 Å². The van der Waals surface area contributed by atoms with E-state index in [-0.39, 0.29) is 19.6 Å². The highest BCUT2D eigenvalue weighted by atomic mass is 32.2. The van der Waals surface area contributed by atoms with Crippen molar-refractivity contribution in [1.29, 1.82) is 0 Å². The zero-order chi connectivity index (χ0) is 50.9. The molecule has 364 valence electrons. The number of benzene rings is 10. The van der Waals surface area contributed by atoms with Crippen LogP contribution in [-0.4, -0.2) is 23.9 Å². The summed E-state index contributed by atoms with van der Waals surface area (Å²) in [4.78, 5) is 2.85. The zero-order valence-electron chi connectivity index (χ0n) is 40.1. The Morgan fingerprint density at radius 3 is 0.959 bits per heavy atom. The van der Waals surface area contributed by atoms with Crippen LogP contribution in [0.3, 0.4) is 0 Å². The van der Waals surface area contributed by atoms with Gasteiger partial charge < -0.3 is 18.9 Å². The van der Waals surface area contributed by atoms with Crippen LogP contribution in [0.25, 0.3) is 11.1 Å². The number of methoxy groups -OCH3 is 1. The van der Waals surface area contributed by atoms with Crippen LogP contribution in [-0.2, 0) is 25.1 Å². The smallest absolute Gasteiger partial charge is 0.206 e. The van der Waals surface area contributed by atoms with E-state index in [1.54, 1.807) is 116 Å². The Morgan fingerprint density at radius 2 is 0.622 bits per heavy atom. The first kappa shape index (κ1) is 47.9. The predicted octanol–water partition coefficient (Wildman–Crippen LogP) is 15.6. The van der Waals surface area contributed by atoms with E-state index in [0.29, 0.717) is 34.5 Å². The van der Waals surface area contributed by atoms with E-state index in [1.165, 1.54) is 0 Å². The van der Waals surface area contributed by atoms with Gasteiger partial charge in [0.25, 0.3) is 0 Å². The van der Waals surface area contributed by atoms with Gasteiger partial charge in [0.1, 0.15) is 40.2 Å². The summed E-state index contributed by atoms with van der Waals surface area (Å²) < 4.78 is 78.0. The van der Waals surface area contributed by atoms with Gasteiger partial charge in [-0.2, -0.15) is 0 Å². The van der Waals surface area contributed by atoms with Gasteiger partial charge in [-0.3, -0.25) is 0 Å². The highest BCUT2D eigenvalue weighted by Crippen LogP contribution is 2.56. The molecule has 0 saturated heterocycles. The molecule has 0 unspecified atom stereocenters. The molecule has 0 radical (unpaired) electrons. The van der Waals surface area contributed by atoms with Crippen molar-refractivity contribution in [3.05, 3.63) is 270 Å². The summed E-state index contributed by atoms with van der Waals surface area (Å²) in [5.41, 5.74) is 6.91. The summed E-state index contributed by atoms with van der Waals surface area (Å²) in [5.74, 6) is 4.13. The monoisotopic (exact) mass is 1030 g/mol. The molecule has 1 aliphatic rings.